The lowest BCUT2D eigenvalue weighted by molar-refractivity contribution is -0.109. The van der Waals surface area contributed by atoms with Gasteiger partial charge in [-0.25, -0.2) is 0 Å². The van der Waals surface area contributed by atoms with Gasteiger partial charge in [-0.2, -0.15) is 0 Å². The Morgan fingerprint density at radius 2 is 2.07 bits per heavy atom. The van der Waals surface area contributed by atoms with Gasteiger partial charge in [-0.3, -0.25) is 4.79 Å². The Hall–Kier alpha value is -0.100. The van der Waals surface area contributed by atoms with Crippen molar-refractivity contribution in [2.45, 2.75) is 30.5 Å². The zero-order chi connectivity index (χ0) is 10.1. The average molecular weight is 218 g/mol. The molecule has 0 aromatic carbocycles. The molecule has 2 rings (SSSR count). The van der Waals surface area contributed by atoms with E-state index in [1.807, 2.05) is 0 Å². The molecule has 14 heavy (non-hydrogen) atoms. The van der Waals surface area contributed by atoms with Crippen LogP contribution in [0.1, 0.15) is 6.92 Å². The SMILES string of the molecule is COC1COC2C(SC(C)=O)COC12. The molecule has 0 saturated carbocycles. The highest BCUT2D eigenvalue weighted by molar-refractivity contribution is 8.14. The number of hydrogen-bond donors (Lipinski definition) is 0. The molecule has 5 heteroatoms. The van der Waals surface area contributed by atoms with Crippen molar-refractivity contribution in [2.24, 2.45) is 0 Å². The molecule has 0 aromatic rings. The van der Waals surface area contributed by atoms with Crippen LogP contribution in [0.3, 0.4) is 0 Å². The van der Waals surface area contributed by atoms with Crippen LogP contribution in [-0.4, -0.2) is 49.0 Å². The number of rotatable bonds is 2. The summed E-state index contributed by atoms with van der Waals surface area (Å²) in [5.74, 6) is 0. The minimum Gasteiger partial charge on any atom is -0.376 e. The van der Waals surface area contributed by atoms with Crippen molar-refractivity contribution in [3.05, 3.63) is 0 Å². The number of ether oxygens (including phenoxy) is 3. The minimum absolute atomic E-state index is 0.0110. The predicted octanol–water partition coefficient (Wildman–Crippen LogP) is 0.447. The van der Waals surface area contributed by atoms with E-state index in [1.54, 1.807) is 14.0 Å². The second-order valence-electron chi connectivity index (χ2n) is 3.52. The normalized spacial score (nSPS) is 41.3. The van der Waals surface area contributed by atoms with Gasteiger partial charge in [-0.1, -0.05) is 11.8 Å². The molecular formula is C9H14O4S. The largest absolute Gasteiger partial charge is 0.376 e. The monoisotopic (exact) mass is 218 g/mol. The fourth-order valence-corrected chi connectivity index (χ4v) is 2.89. The van der Waals surface area contributed by atoms with Crippen LogP contribution in [-0.2, 0) is 19.0 Å². The first-order valence-electron chi connectivity index (χ1n) is 4.65. The van der Waals surface area contributed by atoms with Gasteiger partial charge in [0.1, 0.15) is 18.3 Å². The summed E-state index contributed by atoms with van der Waals surface area (Å²) in [5.41, 5.74) is 0. The molecule has 4 nitrogen and oxygen atoms in total. The van der Waals surface area contributed by atoms with E-state index in [0.717, 1.165) is 0 Å². The highest BCUT2D eigenvalue weighted by atomic mass is 32.2. The summed E-state index contributed by atoms with van der Waals surface area (Å²) in [6.07, 6.45) is 0.0586. The van der Waals surface area contributed by atoms with E-state index in [1.165, 1.54) is 11.8 Å². The molecule has 0 bridgehead atoms. The summed E-state index contributed by atoms with van der Waals surface area (Å²) >= 11 is 1.31. The summed E-state index contributed by atoms with van der Waals surface area (Å²) in [4.78, 5) is 11.0. The molecule has 2 heterocycles. The molecule has 2 fully saturated rings. The molecule has 2 aliphatic heterocycles. The van der Waals surface area contributed by atoms with Crippen molar-refractivity contribution in [2.75, 3.05) is 20.3 Å². The number of carbonyl (C=O) groups is 1. The number of carbonyl (C=O) groups excluding carboxylic acids is 1. The van der Waals surface area contributed by atoms with Crippen molar-refractivity contribution >= 4 is 16.9 Å². The van der Waals surface area contributed by atoms with Gasteiger partial charge < -0.3 is 14.2 Å². The number of methoxy groups -OCH3 is 1. The Bertz CT molecular complexity index is 233. The number of thioether (sulfide) groups is 1. The van der Waals surface area contributed by atoms with Crippen LogP contribution in [0.5, 0.6) is 0 Å². The second-order valence-corrected chi connectivity index (χ2v) is 4.93. The van der Waals surface area contributed by atoms with E-state index in [2.05, 4.69) is 0 Å². The maximum Gasteiger partial charge on any atom is 0.186 e. The van der Waals surface area contributed by atoms with Crippen molar-refractivity contribution < 1.29 is 19.0 Å². The summed E-state index contributed by atoms with van der Waals surface area (Å²) in [7, 11) is 1.66. The highest BCUT2D eigenvalue weighted by Gasteiger charge is 2.48. The van der Waals surface area contributed by atoms with Gasteiger partial charge in [-0.05, 0) is 0 Å². The minimum atomic E-state index is 0.0110. The first kappa shape index (κ1) is 10.4. The Labute approximate surface area is 87.3 Å². The molecule has 4 atom stereocenters. The maximum atomic E-state index is 11.0. The first-order chi connectivity index (χ1) is 6.72. The molecule has 4 unspecified atom stereocenters. The van der Waals surface area contributed by atoms with E-state index in [4.69, 9.17) is 14.2 Å². The van der Waals surface area contributed by atoms with Gasteiger partial charge in [-0.15, -0.1) is 0 Å². The third-order valence-electron chi connectivity index (χ3n) is 2.58. The van der Waals surface area contributed by atoms with Crippen LogP contribution in [0, 0.1) is 0 Å². The molecule has 0 radical (unpaired) electrons. The lowest BCUT2D eigenvalue weighted by Gasteiger charge is -2.14. The van der Waals surface area contributed by atoms with Gasteiger partial charge in [0.25, 0.3) is 0 Å². The zero-order valence-electron chi connectivity index (χ0n) is 8.26. The predicted molar refractivity (Wildman–Crippen MR) is 52.3 cm³/mol. The van der Waals surface area contributed by atoms with E-state index in [0.29, 0.717) is 13.2 Å². The quantitative estimate of drug-likeness (QED) is 0.673. The highest BCUT2D eigenvalue weighted by Crippen LogP contribution is 2.34. The van der Waals surface area contributed by atoms with Crippen LogP contribution < -0.4 is 0 Å². The van der Waals surface area contributed by atoms with Crippen LogP contribution in [0.2, 0.25) is 0 Å². The number of hydrogen-bond acceptors (Lipinski definition) is 5. The zero-order valence-corrected chi connectivity index (χ0v) is 9.08. The summed E-state index contributed by atoms with van der Waals surface area (Å²) < 4.78 is 16.4. The molecule has 0 amide bonds. The maximum absolute atomic E-state index is 11.0. The lowest BCUT2D eigenvalue weighted by atomic mass is 10.1. The molecule has 2 aliphatic rings. The van der Waals surface area contributed by atoms with Crippen LogP contribution in [0.25, 0.3) is 0 Å². The molecule has 0 aromatic heterocycles. The van der Waals surface area contributed by atoms with Gasteiger partial charge in [0, 0.05) is 14.0 Å². The van der Waals surface area contributed by atoms with Crippen molar-refractivity contribution in [1.29, 1.82) is 0 Å². The van der Waals surface area contributed by atoms with Gasteiger partial charge in [0.15, 0.2) is 5.12 Å². The molecule has 0 N–H and O–H groups in total. The molecule has 0 spiro atoms. The third-order valence-corrected chi connectivity index (χ3v) is 3.62. The fraction of sp³-hybridized carbons (Fsp3) is 0.889. The summed E-state index contributed by atoms with van der Waals surface area (Å²) in [5, 5.41) is 0.251. The molecule has 80 valence electrons. The molecular weight excluding hydrogens is 204 g/mol. The second kappa shape index (κ2) is 4.18. The standard InChI is InChI=1S/C9H14O4S/c1-5(10)14-7-4-13-8-6(11-2)3-12-9(7)8/h6-9H,3-4H2,1-2H3. The van der Waals surface area contributed by atoms with Crippen molar-refractivity contribution in [3.8, 4) is 0 Å². The topological polar surface area (TPSA) is 44.8 Å². The molecule has 0 aliphatic carbocycles. The Morgan fingerprint density at radius 3 is 2.71 bits per heavy atom. The van der Waals surface area contributed by atoms with Crippen LogP contribution in [0.15, 0.2) is 0 Å². The van der Waals surface area contributed by atoms with Crippen molar-refractivity contribution in [3.63, 3.8) is 0 Å². The summed E-state index contributed by atoms with van der Waals surface area (Å²) in [6, 6.07) is 0. The van der Waals surface area contributed by atoms with E-state index in [-0.39, 0.29) is 28.7 Å². The van der Waals surface area contributed by atoms with Crippen LogP contribution >= 0.6 is 11.8 Å². The Balaban J connectivity index is 1.97. The van der Waals surface area contributed by atoms with E-state index in [9.17, 15) is 4.79 Å². The van der Waals surface area contributed by atoms with Gasteiger partial charge >= 0.3 is 0 Å². The molecule has 2 saturated heterocycles. The smallest absolute Gasteiger partial charge is 0.186 e. The Morgan fingerprint density at radius 1 is 1.36 bits per heavy atom. The van der Waals surface area contributed by atoms with E-state index < -0.39 is 0 Å². The van der Waals surface area contributed by atoms with Gasteiger partial charge in [0.05, 0.1) is 18.5 Å². The van der Waals surface area contributed by atoms with Gasteiger partial charge in [0.2, 0.25) is 0 Å². The summed E-state index contributed by atoms with van der Waals surface area (Å²) in [6.45, 7) is 2.72. The fourth-order valence-electron chi connectivity index (χ4n) is 1.95. The van der Waals surface area contributed by atoms with Crippen molar-refractivity contribution in [1.82, 2.24) is 0 Å². The van der Waals surface area contributed by atoms with E-state index >= 15 is 0 Å². The first-order valence-corrected chi connectivity index (χ1v) is 5.53. The lowest BCUT2D eigenvalue weighted by Crippen LogP contribution is -2.31. The average Bonchev–Trinajstić information content (AvgIpc) is 2.67. The Kier molecular flexibility index (Phi) is 3.11. The van der Waals surface area contributed by atoms with Crippen LogP contribution in [0.4, 0.5) is 0 Å². The third kappa shape index (κ3) is 1.82. The number of fused-ring (bicyclic) bond motifs is 1.